The Balaban J connectivity index is 4.85. The molecule has 182 valence electrons. The van der Waals surface area contributed by atoms with Gasteiger partial charge in [0.1, 0.15) is 0 Å². The Kier molecular flexibility index (Phi) is 18.1. The zero-order chi connectivity index (χ0) is 23.4. The third-order valence-electron chi connectivity index (χ3n) is 6.05. The lowest BCUT2D eigenvalue weighted by Crippen LogP contribution is -2.51. The second-order valence-corrected chi connectivity index (χ2v) is 8.89. The number of nitrogens with zero attached hydrogens (tertiary/aromatic N) is 1. The van der Waals surface area contributed by atoms with Crippen LogP contribution in [0.4, 0.5) is 0 Å². The van der Waals surface area contributed by atoms with Gasteiger partial charge in [0.05, 0.1) is 26.2 Å². The highest BCUT2D eigenvalue weighted by molar-refractivity contribution is 5.66. The molecule has 0 aliphatic carbocycles. The molecule has 0 saturated carbocycles. The molecule has 7 heteroatoms. The standard InChI is InChI=1S/C24H45NO6/c1-2-3-4-5-6-7-11-18-25(19-12-8-15-22(26)27,20-13-9-16-23(28)29)21-14-10-17-24(30)31/h2-21H2,1H3,(H2-,26,27,28,29,30,31). The molecule has 0 saturated heterocycles. The van der Waals surface area contributed by atoms with Crippen molar-refractivity contribution in [1.82, 2.24) is 0 Å². The van der Waals surface area contributed by atoms with Gasteiger partial charge in [-0.25, -0.2) is 0 Å². The number of carbonyl (C=O) groups is 3. The SMILES string of the molecule is CCCCCCCCC[N+](CCCCC(=O)[O-])(CCCCC(=O)O)CCCCC(=O)O. The quantitative estimate of drug-likeness (QED) is 0.182. The summed E-state index contributed by atoms with van der Waals surface area (Å²) in [5.41, 5.74) is 0. The Hall–Kier alpha value is -1.63. The summed E-state index contributed by atoms with van der Waals surface area (Å²) in [5, 5.41) is 28.6. The number of hydrogen-bond donors (Lipinski definition) is 2. The first-order chi connectivity index (χ1) is 14.8. The van der Waals surface area contributed by atoms with Crippen molar-refractivity contribution in [2.45, 2.75) is 110 Å². The summed E-state index contributed by atoms with van der Waals surface area (Å²) in [7, 11) is 0. The molecule has 0 unspecified atom stereocenters. The van der Waals surface area contributed by atoms with Crippen molar-refractivity contribution < 1.29 is 34.2 Å². The van der Waals surface area contributed by atoms with E-state index >= 15 is 0 Å². The van der Waals surface area contributed by atoms with Gasteiger partial charge in [-0.2, -0.15) is 0 Å². The van der Waals surface area contributed by atoms with Crippen LogP contribution in [0.5, 0.6) is 0 Å². The maximum atomic E-state index is 10.9. The number of aliphatic carboxylic acids is 3. The Labute approximate surface area is 188 Å². The van der Waals surface area contributed by atoms with Crippen LogP contribution in [-0.4, -0.2) is 58.8 Å². The van der Waals surface area contributed by atoms with Gasteiger partial charge < -0.3 is 24.6 Å². The number of carboxylic acid groups (broad SMARTS) is 3. The van der Waals surface area contributed by atoms with E-state index in [2.05, 4.69) is 6.92 Å². The predicted molar refractivity (Wildman–Crippen MR) is 120 cm³/mol. The van der Waals surface area contributed by atoms with Crippen LogP contribution < -0.4 is 5.11 Å². The van der Waals surface area contributed by atoms with E-state index < -0.39 is 17.9 Å². The molecule has 0 fully saturated rings. The van der Waals surface area contributed by atoms with Crippen molar-refractivity contribution in [3.05, 3.63) is 0 Å². The summed E-state index contributed by atoms with van der Waals surface area (Å²) >= 11 is 0. The number of rotatable bonds is 23. The van der Waals surface area contributed by atoms with E-state index in [1.165, 1.54) is 38.5 Å². The molecule has 0 bridgehead atoms. The summed E-state index contributed by atoms with van der Waals surface area (Å²) in [6.45, 7) is 5.83. The van der Waals surface area contributed by atoms with Crippen molar-refractivity contribution in [3.63, 3.8) is 0 Å². The van der Waals surface area contributed by atoms with Gasteiger partial charge >= 0.3 is 11.9 Å². The first kappa shape index (κ1) is 29.4. The van der Waals surface area contributed by atoms with Gasteiger partial charge in [-0.1, -0.05) is 39.0 Å². The number of unbranched alkanes of at least 4 members (excludes halogenated alkanes) is 9. The minimum atomic E-state index is -1.02. The average Bonchev–Trinajstić information content (AvgIpc) is 2.70. The molecule has 0 aliphatic heterocycles. The van der Waals surface area contributed by atoms with Crippen LogP contribution in [0.2, 0.25) is 0 Å². The van der Waals surface area contributed by atoms with E-state index in [9.17, 15) is 19.5 Å². The van der Waals surface area contributed by atoms with E-state index in [0.29, 0.717) is 19.3 Å². The van der Waals surface area contributed by atoms with E-state index in [-0.39, 0.29) is 19.3 Å². The molecule has 31 heavy (non-hydrogen) atoms. The second kappa shape index (κ2) is 19.1. The van der Waals surface area contributed by atoms with Crippen molar-refractivity contribution >= 4 is 17.9 Å². The second-order valence-electron chi connectivity index (χ2n) is 8.89. The Morgan fingerprint density at radius 1 is 0.581 bits per heavy atom. The van der Waals surface area contributed by atoms with Crippen LogP contribution in [0.1, 0.15) is 110 Å². The fourth-order valence-electron chi connectivity index (χ4n) is 4.24. The lowest BCUT2D eigenvalue weighted by molar-refractivity contribution is -0.929. The lowest BCUT2D eigenvalue weighted by atomic mass is 10.1. The first-order valence-corrected chi connectivity index (χ1v) is 12.3. The van der Waals surface area contributed by atoms with Gasteiger partial charge in [-0.15, -0.1) is 0 Å². The molecule has 0 aromatic heterocycles. The van der Waals surface area contributed by atoms with Gasteiger partial charge in [0.25, 0.3) is 0 Å². The summed E-state index contributed by atoms with van der Waals surface area (Å²) < 4.78 is 0.848. The van der Waals surface area contributed by atoms with Crippen molar-refractivity contribution in [2.24, 2.45) is 0 Å². The summed E-state index contributed by atoms with van der Waals surface area (Å²) in [5.74, 6) is -2.57. The maximum absolute atomic E-state index is 10.9. The van der Waals surface area contributed by atoms with Gasteiger partial charge in [0.15, 0.2) is 0 Å². The highest BCUT2D eigenvalue weighted by Gasteiger charge is 2.26. The molecule has 2 N–H and O–H groups in total. The van der Waals surface area contributed by atoms with Crippen LogP contribution in [0, 0.1) is 0 Å². The molecule has 7 nitrogen and oxygen atoms in total. The monoisotopic (exact) mass is 443 g/mol. The van der Waals surface area contributed by atoms with Crippen LogP contribution in [0.3, 0.4) is 0 Å². The molecule has 0 aliphatic rings. The molecular weight excluding hydrogens is 398 g/mol. The predicted octanol–water partition coefficient (Wildman–Crippen LogP) is 3.98. The molecule has 0 heterocycles. The van der Waals surface area contributed by atoms with Crippen molar-refractivity contribution in [2.75, 3.05) is 26.2 Å². The van der Waals surface area contributed by atoms with Crippen LogP contribution in [-0.2, 0) is 14.4 Å². The smallest absolute Gasteiger partial charge is 0.303 e. The number of quaternary nitrogens is 1. The molecule has 0 amide bonds. The highest BCUT2D eigenvalue weighted by atomic mass is 16.4. The Morgan fingerprint density at radius 3 is 1.32 bits per heavy atom. The fourth-order valence-corrected chi connectivity index (χ4v) is 4.24. The molecule has 0 spiro atoms. The minimum absolute atomic E-state index is 0.0649. The summed E-state index contributed by atoms with van der Waals surface area (Å²) in [6, 6.07) is 0. The largest absolute Gasteiger partial charge is 0.550 e. The number of hydrogen-bond acceptors (Lipinski definition) is 4. The van der Waals surface area contributed by atoms with Gasteiger partial charge in [-0.3, -0.25) is 9.59 Å². The molecule has 0 aromatic rings. The molecular formula is C24H45NO6. The van der Waals surface area contributed by atoms with Crippen LogP contribution >= 0.6 is 0 Å². The normalized spacial score (nSPS) is 11.5. The van der Waals surface area contributed by atoms with Crippen LogP contribution in [0.15, 0.2) is 0 Å². The molecule has 0 radical (unpaired) electrons. The zero-order valence-corrected chi connectivity index (χ0v) is 19.6. The van der Waals surface area contributed by atoms with E-state index in [1.807, 2.05) is 0 Å². The van der Waals surface area contributed by atoms with Gasteiger partial charge in [0.2, 0.25) is 0 Å². The third-order valence-corrected chi connectivity index (χ3v) is 6.05. The van der Waals surface area contributed by atoms with Gasteiger partial charge in [0, 0.05) is 18.8 Å². The first-order valence-electron chi connectivity index (χ1n) is 12.3. The Morgan fingerprint density at radius 2 is 0.935 bits per heavy atom. The summed E-state index contributed by atoms with van der Waals surface area (Å²) in [4.78, 5) is 32.5. The molecule has 0 aromatic carbocycles. The Bertz CT molecular complexity index is 439. The minimum Gasteiger partial charge on any atom is -0.550 e. The lowest BCUT2D eigenvalue weighted by Gasteiger charge is -2.39. The summed E-state index contributed by atoms with van der Waals surface area (Å²) in [6.07, 6.45) is 13.3. The topological polar surface area (TPSA) is 115 Å². The van der Waals surface area contributed by atoms with Crippen molar-refractivity contribution in [3.8, 4) is 0 Å². The van der Waals surface area contributed by atoms with E-state index in [4.69, 9.17) is 10.2 Å². The van der Waals surface area contributed by atoms with Gasteiger partial charge in [-0.05, 0) is 57.8 Å². The molecule has 0 atom stereocenters. The number of carboxylic acids is 3. The highest BCUT2D eigenvalue weighted by Crippen LogP contribution is 2.19. The zero-order valence-electron chi connectivity index (χ0n) is 19.6. The maximum Gasteiger partial charge on any atom is 0.303 e. The third kappa shape index (κ3) is 18.8. The van der Waals surface area contributed by atoms with Crippen LogP contribution in [0.25, 0.3) is 0 Å². The van der Waals surface area contributed by atoms with Crippen molar-refractivity contribution in [1.29, 1.82) is 0 Å². The number of carbonyl (C=O) groups excluding carboxylic acids is 1. The van der Waals surface area contributed by atoms with E-state index in [0.717, 1.165) is 56.3 Å². The molecule has 0 rings (SSSR count). The fraction of sp³-hybridized carbons (Fsp3) is 0.875. The average molecular weight is 444 g/mol. The van der Waals surface area contributed by atoms with E-state index in [1.54, 1.807) is 0 Å².